The third-order valence-corrected chi connectivity index (χ3v) is 3.86. The summed E-state index contributed by atoms with van der Waals surface area (Å²) in [7, 11) is 0. The minimum Gasteiger partial charge on any atom is -0.379 e. The average Bonchev–Trinajstić information content (AvgIpc) is 2.26. The van der Waals surface area contributed by atoms with Crippen LogP contribution in [0, 0.1) is 0 Å². The van der Waals surface area contributed by atoms with Gasteiger partial charge in [0.2, 0.25) is 0 Å². The molecule has 0 aromatic heterocycles. The maximum atomic E-state index is 6.21. The van der Waals surface area contributed by atoms with Crippen LogP contribution in [0.4, 0.5) is 0 Å². The van der Waals surface area contributed by atoms with Crippen LogP contribution in [0.2, 0.25) is 5.02 Å². The molecule has 16 heavy (non-hydrogen) atoms. The lowest BCUT2D eigenvalue weighted by molar-refractivity contribution is 0.0342. The molecule has 1 heterocycles. The van der Waals surface area contributed by atoms with E-state index in [0.717, 1.165) is 42.3 Å². The van der Waals surface area contributed by atoms with Crippen molar-refractivity contribution in [1.82, 2.24) is 4.90 Å². The zero-order valence-corrected chi connectivity index (χ0v) is 11.9. The van der Waals surface area contributed by atoms with Crippen molar-refractivity contribution in [2.75, 3.05) is 26.3 Å². The van der Waals surface area contributed by atoms with Crippen molar-refractivity contribution < 1.29 is 4.74 Å². The van der Waals surface area contributed by atoms with Crippen LogP contribution in [0.25, 0.3) is 0 Å². The first-order valence-electron chi connectivity index (χ1n) is 5.00. The Balaban J connectivity index is 0.00000128. The molecule has 1 aromatic rings. The Kier molecular flexibility index (Phi) is 6.08. The number of morpholine rings is 1. The van der Waals surface area contributed by atoms with Crippen molar-refractivity contribution in [2.24, 2.45) is 0 Å². The molecule has 5 heteroatoms. The Morgan fingerprint density at radius 3 is 2.69 bits per heavy atom. The molecule has 1 aromatic carbocycles. The molecule has 0 bridgehead atoms. The van der Waals surface area contributed by atoms with Gasteiger partial charge in [0.25, 0.3) is 0 Å². The summed E-state index contributed by atoms with van der Waals surface area (Å²) in [5, 5.41) is 0.823. The highest BCUT2D eigenvalue weighted by Gasteiger charge is 2.12. The molecule has 0 unspecified atom stereocenters. The van der Waals surface area contributed by atoms with Gasteiger partial charge in [-0.15, -0.1) is 12.4 Å². The highest BCUT2D eigenvalue weighted by molar-refractivity contribution is 9.10. The van der Waals surface area contributed by atoms with Crippen LogP contribution in [0.5, 0.6) is 0 Å². The van der Waals surface area contributed by atoms with Gasteiger partial charge in [-0.05, 0) is 27.6 Å². The van der Waals surface area contributed by atoms with E-state index in [9.17, 15) is 0 Å². The Bertz CT molecular complexity index is 343. The Hall–Kier alpha value is 0.200. The van der Waals surface area contributed by atoms with Gasteiger partial charge in [0.1, 0.15) is 0 Å². The van der Waals surface area contributed by atoms with Gasteiger partial charge in [0.05, 0.1) is 18.2 Å². The predicted octanol–water partition coefficient (Wildman–Crippen LogP) is 3.36. The number of benzene rings is 1. The van der Waals surface area contributed by atoms with E-state index in [2.05, 4.69) is 26.9 Å². The zero-order chi connectivity index (χ0) is 10.7. The third-order valence-electron chi connectivity index (χ3n) is 2.53. The van der Waals surface area contributed by atoms with E-state index in [1.165, 1.54) is 5.56 Å². The lowest BCUT2D eigenvalue weighted by atomic mass is 10.2. The molecule has 90 valence electrons. The fourth-order valence-corrected chi connectivity index (χ4v) is 2.26. The van der Waals surface area contributed by atoms with Crippen LogP contribution in [0.15, 0.2) is 22.7 Å². The average molecular weight is 327 g/mol. The number of nitrogens with zero attached hydrogens (tertiary/aromatic N) is 1. The lowest BCUT2D eigenvalue weighted by Crippen LogP contribution is -2.35. The second-order valence-corrected chi connectivity index (χ2v) is 4.83. The number of rotatable bonds is 2. The standard InChI is InChI=1S/C11H13BrClNO.ClH/c12-10-3-1-2-9(11(10)13)8-14-4-6-15-7-5-14;/h1-3H,4-8H2;1H. The number of ether oxygens (including phenoxy) is 1. The topological polar surface area (TPSA) is 12.5 Å². The van der Waals surface area contributed by atoms with Crippen molar-refractivity contribution in [2.45, 2.75) is 6.54 Å². The third kappa shape index (κ3) is 3.60. The summed E-state index contributed by atoms with van der Waals surface area (Å²) in [5.74, 6) is 0. The molecule has 0 aliphatic carbocycles. The Labute approximate surface area is 115 Å². The van der Waals surface area contributed by atoms with Gasteiger partial charge in [-0.2, -0.15) is 0 Å². The Morgan fingerprint density at radius 1 is 1.31 bits per heavy atom. The summed E-state index contributed by atoms with van der Waals surface area (Å²) in [6.45, 7) is 4.53. The smallest absolute Gasteiger partial charge is 0.0594 e. The maximum Gasteiger partial charge on any atom is 0.0594 e. The molecule has 2 rings (SSSR count). The summed E-state index contributed by atoms with van der Waals surface area (Å²) in [4.78, 5) is 2.36. The number of hydrogen-bond donors (Lipinski definition) is 0. The monoisotopic (exact) mass is 325 g/mol. The van der Waals surface area contributed by atoms with E-state index in [1.807, 2.05) is 12.1 Å². The summed E-state index contributed by atoms with van der Waals surface area (Å²) in [6.07, 6.45) is 0. The van der Waals surface area contributed by atoms with E-state index in [1.54, 1.807) is 0 Å². The van der Waals surface area contributed by atoms with E-state index in [4.69, 9.17) is 16.3 Å². The molecule has 1 aliphatic heterocycles. The van der Waals surface area contributed by atoms with Crippen molar-refractivity contribution in [3.05, 3.63) is 33.3 Å². The summed E-state index contributed by atoms with van der Waals surface area (Å²) in [6, 6.07) is 6.06. The highest BCUT2D eigenvalue weighted by Crippen LogP contribution is 2.27. The van der Waals surface area contributed by atoms with E-state index in [-0.39, 0.29) is 12.4 Å². The second kappa shape index (κ2) is 6.82. The quantitative estimate of drug-likeness (QED) is 0.826. The molecule has 1 aliphatic rings. The molecular weight excluding hydrogens is 313 g/mol. The zero-order valence-electron chi connectivity index (χ0n) is 8.79. The van der Waals surface area contributed by atoms with Crippen LogP contribution in [0.3, 0.4) is 0 Å². The van der Waals surface area contributed by atoms with E-state index >= 15 is 0 Å². The maximum absolute atomic E-state index is 6.21. The summed E-state index contributed by atoms with van der Waals surface area (Å²) >= 11 is 9.64. The van der Waals surface area contributed by atoms with Gasteiger partial charge in [-0.3, -0.25) is 4.90 Å². The molecular formula is C11H14BrCl2NO. The van der Waals surface area contributed by atoms with Crippen LogP contribution in [0.1, 0.15) is 5.56 Å². The minimum atomic E-state index is 0. The summed E-state index contributed by atoms with van der Waals surface area (Å²) < 4.78 is 6.27. The molecule has 0 amide bonds. The molecule has 1 fully saturated rings. The largest absolute Gasteiger partial charge is 0.379 e. The van der Waals surface area contributed by atoms with Gasteiger partial charge >= 0.3 is 0 Å². The molecule has 2 nitrogen and oxygen atoms in total. The number of halogens is 3. The van der Waals surface area contributed by atoms with Gasteiger partial charge in [0.15, 0.2) is 0 Å². The second-order valence-electron chi connectivity index (χ2n) is 3.60. The highest BCUT2D eigenvalue weighted by atomic mass is 79.9. The van der Waals surface area contributed by atoms with Crippen molar-refractivity contribution >= 4 is 39.9 Å². The molecule has 0 spiro atoms. The molecule has 0 atom stereocenters. The van der Waals surface area contributed by atoms with E-state index in [0.29, 0.717) is 0 Å². The van der Waals surface area contributed by atoms with Crippen LogP contribution >= 0.6 is 39.9 Å². The first kappa shape index (κ1) is 14.3. The lowest BCUT2D eigenvalue weighted by Gasteiger charge is -2.26. The van der Waals surface area contributed by atoms with Crippen LogP contribution in [-0.2, 0) is 11.3 Å². The molecule has 0 radical (unpaired) electrons. The fourth-order valence-electron chi connectivity index (χ4n) is 1.67. The summed E-state index contributed by atoms with van der Waals surface area (Å²) in [5.41, 5.74) is 1.17. The van der Waals surface area contributed by atoms with Crippen LogP contribution < -0.4 is 0 Å². The minimum absolute atomic E-state index is 0. The van der Waals surface area contributed by atoms with Gasteiger partial charge in [-0.1, -0.05) is 23.7 Å². The molecule has 0 saturated carbocycles. The first-order chi connectivity index (χ1) is 7.27. The molecule has 1 saturated heterocycles. The Morgan fingerprint density at radius 2 is 2.00 bits per heavy atom. The van der Waals surface area contributed by atoms with Crippen molar-refractivity contribution in [3.8, 4) is 0 Å². The SMILES string of the molecule is Cl.Clc1c(Br)cccc1CN1CCOCC1. The van der Waals surface area contributed by atoms with E-state index < -0.39 is 0 Å². The fraction of sp³-hybridized carbons (Fsp3) is 0.455. The van der Waals surface area contributed by atoms with Crippen molar-refractivity contribution in [3.63, 3.8) is 0 Å². The van der Waals surface area contributed by atoms with Gasteiger partial charge in [0, 0.05) is 24.1 Å². The normalized spacial score (nSPS) is 16.9. The predicted molar refractivity (Wildman–Crippen MR) is 72.5 cm³/mol. The number of hydrogen-bond acceptors (Lipinski definition) is 2. The van der Waals surface area contributed by atoms with Gasteiger partial charge < -0.3 is 4.74 Å². The molecule has 0 N–H and O–H groups in total. The first-order valence-corrected chi connectivity index (χ1v) is 6.17. The van der Waals surface area contributed by atoms with Crippen molar-refractivity contribution in [1.29, 1.82) is 0 Å². The van der Waals surface area contributed by atoms with Gasteiger partial charge in [-0.25, -0.2) is 0 Å². The van der Waals surface area contributed by atoms with Crippen LogP contribution in [-0.4, -0.2) is 31.2 Å².